The van der Waals surface area contributed by atoms with Crippen LogP contribution in [0.4, 0.5) is 0 Å². The number of carboxylic acid groups (broad SMARTS) is 1. The van der Waals surface area contributed by atoms with E-state index in [1.165, 1.54) is 4.52 Å². The van der Waals surface area contributed by atoms with Gasteiger partial charge in [-0.15, -0.1) is 10.2 Å². The van der Waals surface area contributed by atoms with Crippen molar-refractivity contribution in [1.29, 1.82) is 0 Å². The van der Waals surface area contributed by atoms with Gasteiger partial charge < -0.3 is 15.4 Å². The summed E-state index contributed by atoms with van der Waals surface area (Å²) in [5, 5.41) is 25.4. The van der Waals surface area contributed by atoms with Crippen LogP contribution in [0.15, 0.2) is 42.6 Å². The molecule has 0 bridgehead atoms. The van der Waals surface area contributed by atoms with E-state index >= 15 is 0 Å². The van der Waals surface area contributed by atoms with Gasteiger partial charge in [0, 0.05) is 36.4 Å². The average Bonchev–Trinajstić information content (AvgIpc) is 3.29. The van der Waals surface area contributed by atoms with Gasteiger partial charge in [-0.25, -0.2) is 4.79 Å². The van der Waals surface area contributed by atoms with E-state index in [-0.39, 0.29) is 24.4 Å². The number of aryl methyl sites for hydroxylation is 1. The van der Waals surface area contributed by atoms with Crippen molar-refractivity contribution in [3.05, 3.63) is 59.1 Å². The maximum absolute atomic E-state index is 12.4. The van der Waals surface area contributed by atoms with E-state index in [0.717, 1.165) is 16.5 Å². The predicted octanol–water partition coefficient (Wildman–Crippen LogP) is 2.00. The number of nitrogens with one attached hydrogen (secondary N) is 2. The topological polar surface area (TPSA) is 125 Å². The zero-order valence-electron chi connectivity index (χ0n) is 15.2. The number of hydrogen-bond donors (Lipinski definition) is 3. The fraction of sp³-hybridized carbons (Fsp3) is 0.211. The number of aliphatic carboxylic acids is 1. The molecule has 1 aromatic carbocycles. The van der Waals surface area contributed by atoms with Crippen molar-refractivity contribution in [2.45, 2.75) is 25.3 Å². The Morgan fingerprint density at radius 3 is 2.86 bits per heavy atom. The summed E-state index contributed by atoms with van der Waals surface area (Å²) in [5.41, 5.74) is 2.27. The third kappa shape index (κ3) is 4.04. The Morgan fingerprint density at radius 1 is 1.21 bits per heavy atom. The number of benzene rings is 1. The molecule has 0 saturated heterocycles. The Labute approximate surface area is 169 Å². The number of hydrogen-bond acceptors (Lipinski definition) is 5. The summed E-state index contributed by atoms with van der Waals surface area (Å²) in [6.45, 7) is 0. The van der Waals surface area contributed by atoms with E-state index in [2.05, 4.69) is 25.6 Å². The molecule has 0 unspecified atom stereocenters. The second-order valence-electron chi connectivity index (χ2n) is 6.56. The smallest absolute Gasteiger partial charge is 0.326 e. The van der Waals surface area contributed by atoms with E-state index in [1.54, 1.807) is 18.3 Å². The number of fused-ring (bicyclic) bond motifs is 2. The molecule has 3 heterocycles. The van der Waals surface area contributed by atoms with Gasteiger partial charge in [-0.05, 0) is 23.8 Å². The average molecular weight is 413 g/mol. The molecule has 1 atom stereocenters. The third-order valence-electron chi connectivity index (χ3n) is 4.60. The first-order valence-electron chi connectivity index (χ1n) is 8.95. The molecule has 0 saturated carbocycles. The summed E-state index contributed by atoms with van der Waals surface area (Å²) in [5.74, 6) is -1.01. The molecular formula is C19H17ClN6O3. The minimum Gasteiger partial charge on any atom is -0.480 e. The molecule has 0 aliphatic rings. The molecule has 1 amide bonds. The summed E-state index contributed by atoms with van der Waals surface area (Å²) >= 11 is 5.89. The van der Waals surface area contributed by atoms with Crippen LogP contribution in [-0.2, 0) is 22.4 Å². The number of aromatic nitrogens is 5. The van der Waals surface area contributed by atoms with Crippen LogP contribution in [0, 0.1) is 0 Å². The largest absolute Gasteiger partial charge is 0.480 e. The number of aromatic amines is 1. The Bertz CT molecular complexity index is 1200. The van der Waals surface area contributed by atoms with Crippen molar-refractivity contribution in [2.75, 3.05) is 0 Å². The lowest BCUT2D eigenvalue weighted by atomic mass is 10.0. The molecular weight excluding hydrogens is 396 g/mol. The molecule has 29 heavy (non-hydrogen) atoms. The summed E-state index contributed by atoms with van der Waals surface area (Å²) < 4.78 is 1.47. The van der Waals surface area contributed by atoms with Gasteiger partial charge in [-0.3, -0.25) is 4.79 Å². The highest BCUT2D eigenvalue weighted by molar-refractivity contribution is 6.29. The molecule has 0 aliphatic carbocycles. The number of para-hydroxylation sites is 1. The predicted molar refractivity (Wildman–Crippen MR) is 106 cm³/mol. The van der Waals surface area contributed by atoms with E-state index in [4.69, 9.17) is 11.6 Å². The van der Waals surface area contributed by atoms with E-state index < -0.39 is 17.9 Å². The number of rotatable bonds is 7. The second-order valence-corrected chi connectivity index (χ2v) is 6.95. The van der Waals surface area contributed by atoms with Crippen molar-refractivity contribution in [3.63, 3.8) is 0 Å². The SMILES string of the molecule is O=C(CCc1nnc2ccc(Cl)nn12)N[C@@H](Cc1c[nH]c2ccccc12)C(=O)O. The molecule has 3 N–H and O–H groups in total. The number of amides is 1. The van der Waals surface area contributed by atoms with Gasteiger partial charge in [0.1, 0.15) is 11.2 Å². The van der Waals surface area contributed by atoms with Crippen molar-refractivity contribution in [3.8, 4) is 0 Å². The maximum Gasteiger partial charge on any atom is 0.326 e. The van der Waals surface area contributed by atoms with Gasteiger partial charge in [-0.1, -0.05) is 29.8 Å². The lowest BCUT2D eigenvalue weighted by Gasteiger charge is -2.14. The second kappa shape index (κ2) is 7.88. The van der Waals surface area contributed by atoms with E-state index in [1.807, 2.05) is 24.3 Å². The Hall–Kier alpha value is -3.46. The van der Waals surface area contributed by atoms with Gasteiger partial charge in [0.05, 0.1) is 0 Å². The number of carbonyl (C=O) groups excluding carboxylic acids is 1. The third-order valence-corrected chi connectivity index (χ3v) is 4.80. The minimum atomic E-state index is -1.09. The zero-order chi connectivity index (χ0) is 20.4. The maximum atomic E-state index is 12.4. The fourth-order valence-corrected chi connectivity index (χ4v) is 3.32. The first-order valence-corrected chi connectivity index (χ1v) is 9.33. The van der Waals surface area contributed by atoms with Crippen LogP contribution in [0.25, 0.3) is 16.6 Å². The van der Waals surface area contributed by atoms with Crippen LogP contribution >= 0.6 is 11.6 Å². The molecule has 4 rings (SSSR count). The molecule has 10 heteroatoms. The molecule has 148 valence electrons. The number of nitrogens with zero attached hydrogens (tertiary/aromatic N) is 4. The van der Waals surface area contributed by atoms with Crippen LogP contribution < -0.4 is 5.32 Å². The van der Waals surface area contributed by atoms with Crippen molar-refractivity contribution in [2.24, 2.45) is 0 Å². The van der Waals surface area contributed by atoms with Crippen LogP contribution in [-0.4, -0.2) is 47.8 Å². The molecule has 9 nitrogen and oxygen atoms in total. The van der Waals surface area contributed by atoms with Crippen molar-refractivity contribution in [1.82, 2.24) is 30.1 Å². The monoisotopic (exact) mass is 412 g/mol. The Kier molecular flexibility index (Phi) is 5.13. The van der Waals surface area contributed by atoms with Crippen molar-refractivity contribution < 1.29 is 14.7 Å². The van der Waals surface area contributed by atoms with E-state index in [0.29, 0.717) is 11.5 Å². The number of carbonyl (C=O) groups is 2. The van der Waals surface area contributed by atoms with Crippen LogP contribution in [0.3, 0.4) is 0 Å². The normalized spacial score (nSPS) is 12.3. The van der Waals surface area contributed by atoms with Gasteiger partial charge in [0.2, 0.25) is 5.91 Å². The van der Waals surface area contributed by atoms with Crippen LogP contribution in [0.5, 0.6) is 0 Å². The Balaban J connectivity index is 1.42. The number of halogens is 1. The first kappa shape index (κ1) is 18.9. The lowest BCUT2D eigenvalue weighted by molar-refractivity contribution is -0.141. The lowest BCUT2D eigenvalue weighted by Crippen LogP contribution is -2.42. The summed E-state index contributed by atoms with van der Waals surface area (Å²) in [7, 11) is 0. The minimum absolute atomic E-state index is 0.0483. The molecule has 4 aromatic rings. The highest BCUT2D eigenvalue weighted by Gasteiger charge is 2.22. The zero-order valence-corrected chi connectivity index (χ0v) is 15.9. The molecule has 0 aliphatic heterocycles. The molecule has 0 spiro atoms. The number of H-pyrrole nitrogens is 1. The summed E-state index contributed by atoms with van der Waals surface area (Å²) in [4.78, 5) is 27.1. The highest BCUT2D eigenvalue weighted by Crippen LogP contribution is 2.19. The quantitative estimate of drug-likeness (QED) is 0.426. The summed E-state index contributed by atoms with van der Waals surface area (Å²) in [6.07, 6.45) is 2.24. The van der Waals surface area contributed by atoms with Gasteiger partial charge in [0.25, 0.3) is 0 Å². The van der Waals surface area contributed by atoms with Gasteiger partial charge in [-0.2, -0.15) is 9.61 Å². The van der Waals surface area contributed by atoms with Crippen molar-refractivity contribution >= 4 is 40.0 Å². The first-order chi connectivity index (χ1) is 14.0. The molecule has 3 aromatic heterocycles. The highest BCUT2D eigenvalue weighted by atomic mass is 35.5. The number of carboxylic acids is 1. The molecule has 0 fully saturated rings. The van der Waals surface area contributed by atoms with Gasteiger partial charge >= 0.3 is 5.97 Å². The standard InChI is InChI=1S/C19H17ClN6O3/c20-15-5-6-16-23-24-17(26(16)25-15)7-8-18(27)22-14(19(28)29)9-11-10-21-13-4-2-1-3-12(11)13/h1-6,10,14,21H,7-9H2,(H,22,27)(H,28,29)/t14-/m0/s1. The fourth-order valence-electron chi connectivity index (χ4n) is 3.18. The van der Waals surface area contributed by atoms with E-state index in [9.17, 15) is 14.7 Å². The van der Waals surface area contributed by atoms with Crippen LogP contribution in [0.1, 0.15) is 17.8 Å². The molecule has 0 radical (unpaired) electrons. The van der Waals surface area contributed by atoms with Gasteiger partial charge in [0.15, 0.2) is 11.5 Å². The summed E-state index contributed by atoms with van der Waals surface area (Å²) in [6, 6.07) is 9.85. The Morgan fingerprint density at radius 2 is 2.03 bits per heavy atom. The van der Waals surface area contributed by atoms with Crippen LogP contribution in [0.2, 0.25) is 5.15 Å².